The van der Waals surface area contributed by atoms with Gasteiger partial charge in [-0.3, -0.25) is 8.80 Å². The van der Waals surface area contributed by atoms with Crippen molar-refractivity contribution in [1.82, 2.24) is 18.8 Å². The topological polar surface area (TPSA) is 84.0 Å². The lowest BCUT2D eigenvalue weighted by Gasteiger charge is -2.02. The molecule has 0 N–H and O–H groups in total. The van der Waals surface area contributed by atoms with Gasteiger partial charge in [0.05, 0.1) is 22.8 Å². The van der Waals surface area contributed by atoms with Gasteiger partial charge in [0.2, 0.25) is 0 Å². The van der Waals surface area contributed by atoms with Crippen molar-refractivity contribution in [3.05, 3.63) is 109 Å². The van der Waals surface area contributed by atoms with Crippen LogP contribution in [0.15, 0.2) is 128 Å². The van der Waals surface area contributed by atoms with Crippen LogP contribution in [0.2, 0.25) is 0 Å². The minimum Gasteiger partial charge on any atom is -0.283 e. The molecule has 6 aromatic rings. The normalized spacial score (nSPS) is 11.9. The zero-order valence-corrected chi connectivity index (χ0v) is 21.0. The molecule has 0 atom stereocenters. The van der Waals surface area contributed by atoms with Gasteiger partial charge in [0, 0.05) is 22.2 Å². The number of hydrogen-bond acceptors (Lipinski definition) is 7. The summed E-state index contributed by atoms with van der Waals surface area (Å²) < 4.78 is 3.87. The molecule has 0 aliphatic heterocycles. The van der Waals surface area contributed by atoms with Gasteiger partial charge in [0.15, 0.2) is 11.6 Å². The van der Waals surface area contributed by atoms with E-state index < -0.39 is 0 Å². The van der Waals surface area contributed by atoms with E-state index in [1.807, 2.05) is 120 Å². The number of benzene rings is 2. The molecule has 9 heteroatoms. The number of imidazole rings is 2. The molecule has 0 aliphatic carbocycles. The lowest BCUT2D eigenvalue weighted by atomic mass is 10.3. The Morgan fingerprint density at radius 3 is 1.41 bits per heavy atom. The standard InChI is InChI=1S/C28H22N8S/c1-19-27(35-17-5-3-7-25(35)29-19)33-31-21-9-13-23(14-10-21)37-24-15-11-22(12-16-24)32-34-28-20(2)30-26-8-4-6-18-36(26)28/h3-18H,1-2H3. The third-order valence-electron chi connectivity index (χ3n) is 5.77. The molecule has 0 fully saturated rings. The van der Waals surface area contributed by atoms with Crippen molar-refractivity contribution in [2.75, 3.05) is 0 Å². The molecule has 8 nitrogen and oxygen atoms in total. The zero-order chi connectivity index (χ0) is 25.2. The lowest BCUT2D eigenvalue weighted by molar-refractivity contribution is 1.09. The minimum atomic E-state index is 0.739. The fourth-order valence-electron chi connectivity index (χ4n) is 3.95. The quantitative estimate of drug-likeness (QED) is 0.214. The fraction of sp³-hybridized carbons (Fsp3) is 0.0714. The number of hydrogen-bond donors (Lipinski definition) is 0. The summed E-state index contributed by atoms with van der Waals surface area (Å²) in [7, 11) is 0. The Kier molecular flexibility index (Phi) is 6.03. The molecule has 2 aromatic carbocycles. The van der Waals surface area contributed by atoms with Gasteiger partial charge in [-0.25, -0.2) is 9.97 Å². The zero-order valence-electron chi connectivity index (χ0n) is 20.2. The molecule has 6 rings (SSSR count). The number of azo groups is 2. The molecule has 180 valence electrons. The average Bonchev–Trinajstić information content (AvgIpc) is 3.42. The predicted octanol–water partition coefficient (Wildman–Crippen LogP) is 8.58. The number of fused-ring (bicyclic) bond motifs is 2. The number of pyridine rings is 2. The Labute approximate surface area is 217 Å². The molecule has 0 radical (unpaired) electrons. The molecule has 0 spiro atoms. The van der Waals surface area contributed by atoms with Gasteiger partial charge >= 0.3 is 0 Å². The molecule has 0 saturated carbocycles. The van der Waals surface area contributed by atoms with Gasteiger partial charge in [0.1, 0.15) is 11.3 Å². The summed E-state index contributed by atoms with van der Waals surface area (Å²) in [6, 6.07) is 27.8. The fourth-order valence-corrected chi connectivity index (χ4v) is 4.77. The van der Waals surface area contributed by atoms with Crippen LogP contribution < -0.4 is 0 Å². The van der Waals surface area contributed by atoms with Crippen molar-refractivity contribution in [2.24, 2.45) is 20.5 Å². The summed E-state index contributed by atoms with van der Waals surface area (Å²) in [6.45, 7) is 3.88. The third kappa shape index (κ3) is 4.76. The SMILES string of the molecule is Cc1nc2ccccn2c1N=Nc1ccc(Sc2ccc(N=Nc3c(C)nc4ccccn34)cc2)cc1. The van der Waals surface area contributed by atoms with Crippen LogP contribution in [0.3, 0.4) is 0 Å². The summed E-state index contributed by atoms with van der Waals surface area (Å²) in [4.78, 5) is 11.3. The predicted molar refractivity (Wildman–Crippen MR) is 145 cm³/mol. The van der Waals surface area contributed by atoms with Gasteiger partial charge in [-0.1, -0.05) is 23.9 Å². The highest BCUT2D eigenvalue weighted by molar-refractivity contribution is 7.99. The second kappa shape index (κ2) is 9.79. The second-order valence-electron chi connectivity index (χ2n) is 8.39. The molecule has 4 aromatic heterocycles. The highest BCUT2D eigenvalue weighted by Crippen LogP contribution is 2.32. The van der Waals surface area contributed by atoms with Crippen molar-refractivity contribution in [3.63, 3.8) is 0 Å². The number of rotatable bonds is 6. The maximum absolute atomic E-state index is 4.52. The van der Waals surface area contributed by atoms with Crippen molar-refractivity contribution < 1.29 is 0 Å². The largest absolute Gasteiger partial charge is 0.283 e. The van der Waals surface area contributed by atoms with Crippen LogP contribution in [0.5, 0.6) is 0 Å². The Morgan fingerprint density at radius 1 is 0.541 bits per heavy atom. The van der Waals surface area contributed by atoms with E-state index in [4.69, 9.17) is 0 Å². The summed E-state index contributed by atoms with van der Waals surface area (Å²) in [5.41, 5.74) is 4.98. The second-order valence-corrected chi connectivity index (χ2v) is 9.54. The van der Waals surface area contributed by atoms with Gasteiger partial charge in [-0.05, 0) is 86.6 Å². The van der Waals surface area contributed by atoms with E-state index in [0.717, 1.165) is 55.5 Å². The molecule has 0 aliphatic rings. The van der Waals surface area contributed by atoms with Gasteiger partial charge in [-0.15, -0.1) is 20.5 Å². The lowest BCUT2D eigenvalue weighted by Crippen LogP contribution is -1.80. The van der Waals surface area contributed by atoms with Crippen LogP contribution in [0.4, 0.5) is 23.0 Å². The number of aryl methyl sites for hydroxylation is 2. The van der Waals surface area contributed by atoms with Crippen LogP contribution in [-0.4, -0.2) is 18.8 Å². The minimum absolute atomic E-state index is 0.739. The number of aromatic nitrogens is 4. The van der Waals surface area contributed by atoms with Crippen molar-refractivity contribution in [1.29, 1.82) is 0 Å². The molecule has 0 saturated heterocycles. The first-order chi connectivity index (χ1) is 18.1. The van der Waals surface area contributed by atoms with Crippen LogP contribution in [0.25, 0.3) is 11.3 Å². The van der Waals surface area contributed by atoms with Crippen LogP contribution in [0.1, 0.15) is 11.4 Å². The summed E-state index contributed by atoms with van der Waals surface area (Å²) >= 11 is 1.67. The monoisotopic (exact) mass is 502 g/mol. The first kappa shape index (κ1) is 22.8. The van der Waals surface area contributed by atoms with E-state index in [1.54, 1.807) is 11.8 Å². The van der Waals surface area contributed by atoms with Crippen LogP contribution >= 0.6 is 11.8 Å². The molecule has 0 amide bonds. The first-order valence-electron chi connectivity index (χ1n) is 11.7. The van der Waals surface area contributed by atoms with Gasteiger partial charge < -0.3 is 0 Å². The maximum atomic E-state index is 4.52. The number of nitrogens with zero attached hydrogens (tertiary/aromatic N) is 8. The van der Waals surface area contributed by atoms with Gasteiger partial charge in [-0.2, -0.15) is 0 Å². The Hall–Kier alpha value is -4.63. The summed E-state index contributed by atoms with van der Waals surface area (Å²) in [6.07, 6.45) is 3.88. The molecular formula is C28H22N8S. The maximum Gasteiger partial charge on any atom is 0.182 e. The molecule has 0 bridgehead atoms. The van der Waals surface area contributed by atoms with E-state index in [9.17, 15) is 0 Å². The van der Waals surface area contributed by atoms with Crippen LogP contribution in [-0.2, 0) is 0 Å². The Bertz CT molecular complexity index is 1630. The summed E-state index contributed by atoms with van der Waals surface area (Å²) in [5.74, 6) is 1.48. The Morgan fingerprint density at radius 2 is 0.973 bits per heavy atom. The van der Waals surface area contributed by atoms with Crippen molar-refractivity contribution in [3.8, 4) is 0 Å². The van der Waals surface area contributed by atoms with Crippen molar-refractivity contribution in [2.45, 2.75) is 23.6 Å². The van der Waals surface area contributed by atoms with E-state index in [2.05, 4.69) is 30.4 Å². The van der Waals surface area contributed by atoms with Crippen LogP contribution in [0, 0.1) is 13.8 Å². The highest BCUT2D eigenvalue weighted by Gasteiger charge is 2.08. The smallest absolute Gasteiger partial charge is 0.182 e. The first-order valence-corrected chi connectivity index (χ1v) is 12.5. The van der Waals surface area contributed by atoms with Crippen molar-refractivity contribution >= 4 is 46.1 Å². The average molecular weight is 503 g/mol. The van der Waals surface area contributed by atoms with E-state index >= 15 is 0 Å². The Balaban J connectivity index is 1.12. The van der Waals surface area contributed by atoms with E-state index in [-0.39, 0.29) is 0 Å². The highest BCUT2D eigenvalue weighted by atomic mass is 32.2. The summed E-state index contributed by atoms with van der Waals surface area (Å²) in [5, 5.41) is 17.7. The third-order valence-corrected chi connectivity index (χ3v) is 6.79. The molecule has 37 heavy (non-hydrogen) atoms. The molecule has 4 heterocycles. The van der Waals surface area contributed by atoms with E-state index in [0.29, 0.717) is 0 Å². The van der Waals surface area contributed by atoms with Gasteiger partial charge in [0.25, 0.3) is 0 Å². The van der Waals surface area contributed by atoms with E-state index in [1.165, 1.54) is 0 Å². The molecule has 0 unspecified atom stereocenters. The molecular weight excluding hydrogens is 480 g/mol.